The van der Waals surface area contributed by atoms with Gasteiger partial charge in [0.15, 0.2) is 5.12 Å². The second-order valence-electron chi connectivity index (χ2n) is 11.7. The van der Waals surface area contributed by atoms with Crippen molar-refractivity contribution in [3.8, 4) is 5.75 Å². The van der Waals surface area contributed by atoms with Crippen LogP contribution >= 0.6 is 11.8 Å². The van der Waals surface area contributed by atoms with E-state index in [4.69, 9.17) is 9.47 Å². The highest BCUT2D eigenvalue weighted by Crippen LogP contribution is 2.38. The van der Waals surface area contributed by atoms with Crippen molar-refractivity contribution in [3.05, 3.63) is 52.1 Å². The number of ether oxygens (including phenoxy) is 2. The van der Waals surface area contributed by atoms with Gasteiger partial charge in [-0.1, -0.05) is 30.0 Å². The van der Waals surface area contributed by atoms with Gasteiger partial charge >= 0.3 is 12.1 Å². The molecule has 17 heteroatoms. The van der Waals surface area contributed by atoms with Crippen molar-refractivity contribution in [2.75, 3.05) is 25.6 Å². The average molecular weight is 723 g/mol. The fraction of sp³-hybridized carbons (Fsp3) is 0.656. The Morgan fingerprint density at radius 2 is 1.84 bits per heavy atom. The molecule has 1 saturated carbocycles. The third-order valence-electron chi connectivity index (χ3n) is 7.84. The number of aliphatic hydroxyl groups excluding tert-OH is 3. The number of carbonyl (C=O) groups excluding carboxylic acids is 3. The zero-order valence-corrected chi connectivity index (χ0v) is 28.0. The number of amides is 1. The third kappa shape index (κ3) is 16.7. The van der Waals surface area contributed by atoms with Gasteiger partial charge in [0.05, 0.1) is 37.1 Å². The summed E-state index contributed by atoms with van der Waals surface area (Å²) in [5, 5.41) is 42.9. The van der Waals surface area contributed by atoms with Gasteiger partial charge in [-0.15, -0.1) is 10.1 Å². The van der Waals surface area contributed by atoms with Crippen molar-refractivity contribution in [2.24, 2.45) is 11.8 Å². The molecule has 1 unspecified atom stereocenters. The van der Waals surface area contributed by atoms with Gasteiger partial charge in [0.2, 0.25) is 5.91 Å². The molecule has 0 bridgehead atoms. The summed E-state index contributed by atoms with van der Waals surface area (Å²) in [6, 6.07) is 3.34. The molecule has 0 radical (unpaired) electrons. The van der Waals surface area contributed by atoms with Gasteiger partial charge in [0.25, 0.3) is 5.09 Å². The predicted molar refractivity (Wildman–Crippen MR) is 172 cm³/mol. The number of nitrogens with zero attached hydrogens (tertiary/aromatic N) is 1. The van der Waals surface area contributed by atoms with Crippen LogP contribution < -0.4 is 10.1 Å². The Kier molecular flexibility index (Phi) is 18.4. The molecular formula is C32H45F3N2O11S. The highest BCUT2D eigenvalue weighted by molar-refractivity contribution is 8.13. The van der Waals surface area contributed by atoms with Gasteiger partial charge in [-0.05, 0) is 81.4 Å². The number of nitrogens with one attached hydrogen (secondary N) is 1. The van der Waals surface area contributed by atoms with Crippen LogP contribution in [0.25, 0.3) is 0 Å². The van der Waals surface area contributed by atoms with Gasteiger partial charge in [0.1, 0.15) is 18.4 Å². The molecule has 4 N–H and O–H groups in total. The molecule has 2 rings (SSSR count). The highest BCUT2D eigenvalue weighted by atomic mass is 32.2. The van der Waals surface area contributed by atoms with Crippen LogP contribution in [0.4, 0.5) is 13.2 Å². The van der Waals surface area contributed by atoms with E-state index in [0.717, 1.165) is 23.9 Å². The molecular weight excluding hydrogens is 677 g/mol. The fourth-order valence-electron chi connectivity index (χ4n) is 5.34. The van der Waals surface area contributed by atoms with Crippen molar-refractivity contribution >= 4 is 28.8 Å². The maximum absolute atomic E-state index is 12.9. The lowest BCUT2D eigenvalue weighted by Gasteiger charge is -2.23. The van der Waals surface area contributed by atoms with Gasteiger partial charge in [-0.3, -0.25) is 9.59 Å². The van der Waals surface area contributed by atoms with Gasteiger partial charge < -0.3 is 34.9 Å². The van der Waals surface area contributed by atoms with Gasteiger partial charge in [-0.2, -0.15) is 13.2 Å². The number of halogens is 3. The first-order valence-electron chi connectivity index (χ1n) is 16.0. The monoisotopic (exact) mass is 722 g/mol. The number of thioether (sulfide) groups is 1. The summed E-state index contributed by atoms with van der Waals surface area (Å²) >= 11 is 0.893. The minimum Gasteiger partial charge on any atom is -0.491 e. The first-order chi connectivity index (χ1) is 23.2. The van der Waals surface area contributed by atoms with Crippen LogP contribution in [0.3, 0.4) is 0 Å². The molecule has 1 aliphatic rings. The van der Waals surface area contributed by atoms with Crippen molar-refractivity contribution in [3.63, 3.8) is 0 Å². The smallest absolute Gasteiger partial charge is 0.416 e. The largest absolute Gasteiger partial charge is 0.491 e. The molecule has 1 fully saturated rings. The van der Waals surface area contributed by atoms with Crippen LogP contribution in [-0.2, 0) is 30.1 Å². The summed E-state index contributed by atoms with van der Waals surface area (Å²) < 4.78 is 49.2. The van der Waals surface area contributed by atoms with E-state index in [1.54, 1.807) is 0 Å². The number of unbranched alkanes of at least 4 members (excludes halogenated alkanes) is 2. The number of rotatable bonds is 22. The summed E-state index contributed by atoms with van der Waals surface area (Å²) in [5.41, 5.74) is -0.855. The number of esters is 1. The van der Waals surface area contributed by atoms with Crippen molar-refractivity contribution in [1.82, 2.24) is 5.32 Å². The Morgan fingerprint density at radius 1 is 1.12 bits per heavy atom. The van der Waals surface area contributed by atoms with Gasteiger partial charge in [0, 0.05) is 19.1 Å². The van der Waals surface area contributed by atoms with E-state index in [-0.39, 0.29) is 67.5 Å². The summed E-state index contributed by atoms with van der Waals surface area (Å²) in [4.78, 5) is 50.5. The van der Waals surface area contributed by atoms with Crippen molar-refractivity contribution in [1.29, 1.82) is 0 Å². The number of benzene rings is 1. The minimum absolute atomic E-state index is 0.0170. The molecule has 0 spiro atoms. The Bertz CT molecular complexity index is 1240. The molecule has 0 aliphatic heterocycles. The topological polar surface area (TPSA) is 195 Å². The van der Waals surface area contributed by atoms with E-state index in [0.29, 0.717) is 38.5 Å². The summed E-state index contributed by atoms with van der Waals surface area (Å²) in [5.74, 6) is -1.79. The fourth-order valence-corrected chi connectivity index (χ4v) is 6.20. The number of hydrogen-bond donors (Lipinski definition) is 4. The van der Waals surface area contributed by atoms with Crippen LogP contribution in [0, 0.1) is 22.0 Å². The number of hydrogen-bond acceptors (Lipinski definition) is 12. The third-order valence-corrected chi connectivity index (χ3v) is 8.86. The van der Waals surface area contributed by atoms with Crippen LogP contribution in [0.15, 0.2) is 36.4 Å². The Morgan fingerprint density at radius 3 is 2.53 bits per heavy atom. The van der Waals surface area contributed by atoms with Crippen molar-refractivity contribution < 1.29 is 62.3 Å². The maximum atomic E-state index is 12.9. The Hall–Kier alpha value is -3.41. The van der Waals surface area contributed by atoms with Crippen LogP contribution in [0.2, 0.25) is 0 Å². The van der Waals surface area contributed by atoms with Crippen LogP contribution in [0.1, 0.15) is 70.3 Å². The summed E-state index contributed by atoms with van der Waals surface area (Å²) in [6.45, 7) is 0.847. The molecule has 276 valence electrons. The van der Waals surface area contributed by atoms with E-state index in [9.17, 15) is 53.0 Å². The molecule has 13 nitrogen and oxygen atoms in total. The molecule has 1 aromatic carbocycles. The summed E-state index contributed by atoms with van der Waals surface area (Å²) in [7, 11) is 0. The quantitative estimate of drug-likeness (QED) is 0.0443. The zero-order chi connectivity index (χ0) is 36.4. The van der Waals surface area contributed by atoms with E-state index in [2.05, 4.69) is 10.2 Å². The number of aliphatic hydroxyl groups is 3. The summed E-state index contributed by atoms with van der Waals surface area (Å²) in [6.07, 6.45) is -0.119. The van der Waals surface area contributed by atoms with E-state index in [1.165, 1.54) is 19.1 Å². The molecule has 0 saturated heterocycles. The predicted octanol–water partition coefficient (Wildman–Crippen LogP) is 4.00. The van der Waals surface area contributed by atoms with E-state index < -0.39 is 53.1 Å². The van der Waals surface area contributed by atoms with Gasteiger partial charge in [-0.25, -0.2) is 4.79 Å². The lowest BCUT2D eigenvalue weighted by Crippen LogP contribution is -2.43. The molecule has 6 atom stereocenters. The Labute approximate surface area is 286 Å². The minimum atomic E-state index is -4.51. The normalized spacial score (nSPS) is 20.5. The maximum Gasteiger partial charge on any atom is 0.416 e. The number of alkyl halides is 3. The van der Waals surface area contributed by atoms with Crippen LogP contribution in [0.5, 0.6) is 5.75 Å². The standard InChI is InChI=1S/C32H45F3N2O11S/c1-21(38)36-27(31(43)46-15-6-7-16-48-37(44)45)20-49-30(42)12-5-3-2-4-11-25-26(29(41)18-28(25)40)14-13-23(39)19-47-24-10-8-9-22(17-24)32(33,34)35/h2,4,8-10,17,23,25-29,39-41H,3,5-7,11-16,18-20H2,1H3,(H,36,38)/t23-,25-,26-,27?,28+,29-/m1/s1. The number of carbonyl (C=O) groups is 3. The van der Waals surface area contributed by atoms with E-state index >= 15 is 0 Å². The van der Waals surface area contributed by atoms with E-state index in [1.807, 2.05) is 12.2 Å². The SMILES string of the molecule is CC(=O)NC(CSC(=O)CCCC=CC[C@@H]1[C@@H](CC[C@@H](O)COc2cccc(C(F)(F)F)c2)[C@H](O)C[C@@H]1O)C(=O)OCCCCO[N+](=O)[O-]. The second kappa shape index (κ2) is 21.6. The first-order valence-corrected chi connectivity index (χ1v) is 17.0. The average Bonchev–Trinajstić information content (AvgIpc) is 3.30. The molecule has 49 heavy (non-hydrogen) atoms. The lowest BCUT2D eigenvalue weighted by molar-refractivity contribution is -0.757. The zero-order valence-electron chi connectivity index (χ0n) is 27.2. The second-order valence-corrected chi connectivity index (χ2v) is 12.8. The molecule has 1 aromatic rings. The number of allylic oxidation sites excluding steroid dienone is 2. The highest BCUT2D eigenvalue weighted by Gasteiger charge is 2.40. The van der Waals surface area contributed by atoms with Crippen LogP contribution in [-0.4, -0.2) is 87.3 Å². The first kappa shape index (κ1) is 41.8. The molecule has 0 heterocycles. The Balaban J connectivity index is 1.70. The molecule has 1 aliphatic carbocycles. The van der Waals surface area contributed by atoms with Crippen molar-refractivity contribution in [2.45, 2.75) is 95.2 Å². The molecule has 1 amide bonds. The molecule has 0 aromatic heterocycles. The lowest BCUT2D eigenvalue weighted by atomic mass is 9.86.